The van der Waals surface area contributed by atoms with Crippen LogP contribution in [0.5, 0.6) is 5.75 Å². The highest BCUT2D eigenvalue weighted by atomic mass is 35.5. The monoisotopic (exact) mass is 314 g/mol. The van der Waals surface area contributed by atoms with Crippen LogP contribution in [0, 0.1) is 0 Å². The van der Waals surface area contributed by atoms with Gasteiger partial charge in [-0.1, -0.05) is 54.1 Å². The molecule has 0 radical (unpaired) electrons. The minimum absolute atomic E-state index is 0.125. The van der Waals surface area contributed by atoms with Gasteiger partial charge >= 0.3 is 0 Å². The zero-order valence-corrected chi connectivity index (χ0v) is 12.5. The normalized spacial score (nSPS) is 11.0. The van der Waals surface area contributed by atoms with Crippen molar-refractivity contribution in [2.75, 3.05) is 6.61 Å². The maximum Gasteiger partial charge on any atom is 0.277 e. The predicted octanol–water partition coefficient (Wildman–Crippen LogP) is 3.53. The molecule has 2 rings (SSSR count). The molecule has 1 N–H and O–H groups in total. The Balaban J connectivity index is 1.71. The van der Waals surface area contributed by atoms with Crippen LogP contribution in [0.25, 0.3) is 6.08 Å². The third-order valence-corrected chi connectivity index (χ3v) is 2.84. The molecule has 0 aliphatic carbocycles. The lowest BCUT2D eigenvalue weighted by molar-refractivity contribution is -0.123. The number of carbonyl (C=O) groups excluding carboxylic acids is 1. The summed E-state index contributed by atoms with van der Waals surface area (Å²) in [7, 11) is 0. The van der Waals surface area contributed by atoms with Crippen molar-refractivity contribution < 1.29 is 9.53 Å². The van der Waals surface area contributed by atoms with E-state index in [0.717, 1.165) is 5.56 Å². The molecule has 0 bridgehead atoms. The molecule has 5 heteroatoms. The molecule has 0 fully saturated rings. The number of hydrogen-bond donors (Lipinski definition) is 1. The molecule has 2 aromatic carbocycles. The number of rotatable bonds is 6. The Labute approximate surface area is 134 Å². The van der Waals surface area contributed by atoms with Crippen LogP contribution in [-0.4, -0.2) is 18.7 Å². The van der Waals surface area contributed by atoms with E-state index in [1.54, 1.807) is 30.3 Å². The summed E-state index contributed by atoms with van der Waals surface area (Å²) in [5, 5.41) is 4.36. The van der Waals surface area contributed by atoms with Crippen LogP contribution in [0.2, 0.25) is 5.02 Å². The lowest BCUT2D eigenvalue weighted by Crippen LogP contribution is -2.24. The van der Waals surface area contributed by atoms with Crippen molar-refractivity contribution in [1.29, 1.82) is 0 Å². The number of amides is 1. The number of benzene rings is 2. The molecular formula is C17H15ClN2O2. The van der Waals surface area contributed by atoms with Crippen molar-refractivity contribution >= 4 is 29.8 Å². The average molecular weight is 315 g/mol. The second-order valence-corrected chi connectivity index (χ2v) is 4.77. The second-order valence-electron chi connectivity index (χ2n) is 4.33. The minimum Gasteiger partial charge on any atom is -0.484 e. The summed E-state index contributed by atoms with van der Waals surface area (Å²) in [5.74, 6) is 0.194. The first-order valence-electron chi connectivity index (χ1n) is 6.66. The number of hydrazone groups is 1. The molecular weight excluding hydrogens is 300 g/mol. The number of nitrogens with one attached hydrogen (secondary N) is 1. The summed E-state index contributed by atoms with van der Waals surface area (Å²) in [5.41, 5.74) is 3.43. The standard InChI is InChI=1S/C17H15ClN2O2/c18-15-9-4-10-16(12-15)22-13-17(21)20-19-11-5-8-14-6-2-1-3-7-14/h1-12H,13H2,(H,20,21)/b8-5+,19-11-. The van der Waals surface area contributed by atoms with Crippen LogP contribution in [0.3, 0.4) is 0 Å². The number of hydrogen-bond acceptors (Lipinski definition) is 3. The quantitative estimate of drug-likeness (QED) is 0.655. The van der Waals surface area contributed by atoms with Crippen molar-refractivity contribution in [2.24, 2.45) is 5.10 Å². The van der Waals surface area contributed by atoms with Gasteiger partial charge in [-0.3, -0.25) is 4.79 Å². The fourth-order valence-corrected chi connectivity index (χ4v) is 1.79. The summed E-state index contributed by atoms with van der Waals surface area (Å²) >= 11 is 5.82. The van der Waals surface area contributed by atoms with E-state index in [1.807, 2.05) is 36.4 Å². The molecule has 0 aliphatic heterocycles. The van der Waals surface area contributed by atoms with Crippen LogP contribution in [0.4, 0.5) is 0 Å². The second kappa shape index (κ2) is 8.64. The molecule has 0 saturated carbocycles. The third-order valence-electron chi connectivity index (χ3n) is 2.60. The SMILES string of the molecule is O=C(COc1cccc(Cl)c1)N/N=C\C=C\c1ccccc1. The van der Waals surface area contributed by atoms with Crippen LogP contribution in [0.1, 0.15) is 5.56 Å². The Morgan fingerprint density at radius 3 is 2.77 bits per heavy atom. The topological polar surface area (TPSA) is 50.7 Å². The largest absolute Gasteiger partial charge is 0.484 e. The molecule has 1 amide bonds. The lowest BCUT2D eigenvalue weighted by Gasteiger charge is -2.04. The van der Waals surface area contributed by atoms with E-state index < -0.39 is 0 Å². The highest BCUT2D eigenvalue weighted by Gasteiger charge is 2.01. The zero-order valence-electron chi connectivity index (χ0n) is 11.8. The van der Waals surface area contributed by atoms with Crippen molar-refractivity contribution in [3.05, 3.63) is 71.3 Å². The van der Waals surface area contributed by atoms with E-state index in [0.29, 0.717) is 10.8 Å². The zero-order chi connectivity index (χ0) is 15.6. The molecule has 0 saturated heterocycles. The van der Waals surface area contributed by atoms with E-state index in [4.69, 9.17) is 16.3 Å². The molecule has 0 aliphatic rings. The average Bonchev–Trinajstić information content (AvgIpc) is 2.54. The smallest absolute Gasteiger partial charge is 0.277 e. The highest BCUT2D eigenvalue weighted by Crippen LogP contribution is 2.16. The number of allylic oxidation sites excluding steroid dienone is 1. The van der Waals surface area contributed by atoms with Crippen molar-refractivity contribution in [1.82, 2.24) is 5.43 Å². The van der Waals surface area contributed by atoms with Crippen LogP contribution < -0.4 is 10.2 Å². The van der Waals surface area contributed by atoms with Crippen LogP contribution >= 0.6 is 11.6 Å². The first-order valence-corrected chi connectivity index (χ1v) is 7.04. The number of carbonyl (C=O) groups is 1. The molecule has 0 aromatic heterocycles. The summed E-state index contributed by atoms with van der Waals surface area (Å²) in [4.78, 5) is 11.5. The van der Waals surface area contributed by atoms with Gasteiger partial charge < -0.3 is 4.74 Å². The van der Waals surface area contributed by atoms with Crippen molar-refractivity contribution in [3.8, 4) is 5.75 Å². The Bertz CT molecular complexity index is 669. The van der Waals surface area contributed by atoms with Gasteiger partial charge in [0.15, 0.2) is 6.61 Å². The van der Waals surface area contributed by atoms with E-state index >= 15 is 0 Å². The molecule has 2 aromatic rings. The first kappa shape index (κ1) is 15.8. The van der Waals surface area contributed by atoms with Gasteiger partial charge in [0.05, 0.1) is 0 Å². The van der Waals surface area contributed by atoms with E-state index in [-0.39, 0.29) is 12.5 Å². The predicted molar refractivity (Wildman–Crippen MR) is 89.1 cm³/mol. The van der Waals surface area contributed by atoms with E-state index in [1.165, 1.54) is 6.21 Å². The van der Waals surface area contributed by atoms with Gasteiger partial charge in [0.2, 0.25) is 0 Å². The number of halogens is 1. The van der Waals surface area contributed by atoms with Gasteiger partial charge in [0, 0.05) is 11.2 Å². The molecule has 0 unspecified atom stereocenters. The van der Waals surface area contributed by atoms with Gasteiger partial charge in [-0.2, -0.15) is 5.10 Å². The minimum atomic E-state index is -0.343. The maximum atomic E-state index is 11.5. The lowest BCUT2D eigenvalue weighted by atomic mass is 10.2. The molecule has 0 atom stereocenters. The fourth-order valence-electron chi connectivity index (χ4n) is 1.61. The molecule has 22 heavy (non-hydrogen) atoms. The number of nitrogens with zero attached hydrogens (tertiary/aromatic N) is 1. The Kier molecular flexibility index (Phi) is 6.20. The van der Waals surface area contributed by atoms with E-state index in [2.05, 4.69) is 10.5 Å². The fraction of sp³-hybridized carbons (Fsp3) is 0.0588. The summed E-state index contributed by atoms with van der Waals surface area (Å²) in [6, 6.07) is 16.7. The Morgan fingerprint density at radius 2 is 2.00 bits per heavy atom. The number of ether oxygens (including phenoxy) is 1. The summed E-state index contributed by atoms with van der Waals surface area (Å²) in [6.07, 6.45) is 5.13. The van der Waals surface area contributed by atoms with Gasteiger partial charge in [0.25, 0.3) is 5.91 Å². The Hall–Kier alpha value is -2.59. The van der Waals surface area contributed by atoms with Crippen LogP contribution in [0.15, 0.2) is 65.8 Å². The molecule has 112 valence electrons. The van der Waals surface area contributed by atoms with Gasteiger partial charge in [-0.25, -0.2) is 5.43 Å². The van der Waals surface area contributed by atoms with Gasteiger partial charge in [0.1, 0.15) is 5.75 Å². The third kappa shape index (κ3) is 5.81. The molecule has 0 spiro atoms. The highest BCUT2D eigenvalue weighted by molar-refractivity contribution is 6.30. The Morgan fingerprint density at radius 1 is 1.18 bits per heavy atom. The maximum absolute atomic E-state index is 11.5. The van der Waals surface area contributed by atoms with Gasteiger partial charge in [-0.05, 0) is 29.8 Å². The van der Waals surface area contributed by atoms with Crippen molar-refractivity contribution in [2.45, 2.75) is 0 Å². The first-order chi connectivity index (χ1) is 10.7. The van der Waals surface area contributed by atoms with Crippen LogP contribution in [-0.2, 0) is 4.79 Å². The van der Waals surface area contributed by atoms with Gasteiger partial charge in [-0.15, -0.1) is 0 Å². The molecule has 0 heterocycles. The van der Waals surface area contributed by atoms with E-state index in [9.17, 15) is 4.79 Å². The summed E-state index contributed by atoms with van der Waals surface area (Å²) in [6.45, 7) is -0.125. The molecule has 4 nitrogen and oxygen atoms in total. The summed E-state index contributed by atoms with van der Waals surface area (Å²) < 4.78 is 5.29. The van der Waals surface area contributed by atoms with Crippen molar-refractivity contribution in [3.63, 3.8) is 0 Å².